The molecule has 3 amide bonds. The lowest BCUT2D eigenvalue weighted by molar-refractivity contribution is -0.133. The molecule has 0 fully saturated rings. The number of halogens is 1. The van der Waals surface area contributed by atoms with Gasteiger partial charge in [0.1, 0.15) is 6.04 Å². The number of carbonyl (C=O) groups is 3. The maximum atomic E-state index is 13.5. The van der Waals surface area contributed by atoms with Gasteiger partial charge in [-0.15, -0.1) is 0 Å². The van der Waals surface area contributed by atoms with Crippen molar-refractivity contribution < 1.29 is 23.5 Å². The lowest BCUT2D eigenvalue weighted by Crippen LogP contribution is -2.53. The van der Waals surface area contributed by atoms with Crippen molar-refractivity contribution >= 4 is 17.7 Å². The zero-order chi connectivity index (χ0) is 19.8. The SMILES string of the molecule is CC(NC(=O)c1ccccc1)C(=O)NNC(=O)C(C)Oc1ccccc1F. The lowest BCUT2D eigenvalue weighted by atomic mass is 10.2. The molecule has 0 aliphatic heterocycles. The van der Waals surface area contributed by atoms with Crippen molar-refractivity contribution in [1.29, 1.82) is 0 Å². The van der Waals surface area contributed by atoms with E-state index in [9.17, 15) is 18.8 Å². The highest BCUT2D eigenvalue weighted by Crippen LogP contribution is 2.16. The third-order valence-corrected chi connectivity index (χ3v) is 3.60. The van der Waals surface area contributed by atoms with E-state index in [0.717, 1.165) is 0 Å². The van der Waals surface area contributed by atoms with Gasteiger partial charge in [-0.25, -0.2) is 4.39 Å². The Labute approximate surface area is 155 Å². The van der Waals surface area contributed by atoms with Crippen molar-refractivity contribution in [3.8, 4) is 5.75 Å². The summed E-state index contributed by atoms with van der Waals surface area (Å²) in [5, 5.41) is 2.51. The van der Waals surface area contributed by atoms with Crippen LogP contribution in [0.3, 0.4) is 0 Å². The smallest absolute Gasteiger partial charge is 0.279 e. The Kier molecular flexibility index (Phi) is 6.87. The molecule has 7 nitrogen and oxygen atoms in total. The summed E-state index contributed by atoms with van der Waals surface area (Å²) in [6.07, 6.45) is -1.04. The third-order valence-electron chi connectivity index (χ3n) is 3.60. The third kappa shape index (κ3) is 5.81. The first-order chi connectivity index (χ1) is 12.9. The molecule has 3 N–H and O–H groups in total. The summed E-state index contributed by atoms with van der Waals surface area (Å²) in [4.78, 5) is 36.0. The predicted octanol–water partition coefficient (Wildman–Crippen LogP) is 1.56. The zero-order valence-electron chi connectivity index (χ0n) is 14.9. The minimum absolute atomic E-state index is 0.0741. The fourth-order valence-electron chi connectivity index (χ4n) is 2.05. The van der Waals surface area contributed by atoms with Gasteiger partial charge in [0.05, 0.1) is 0 Å². The summed E-state index contributed by atoms with van der Waals surface area (Å²) >= 11 is 0. The minimum atomic E-state index is -1.04. The molecule has 2 unspecified atom stereocenters. The van der Waals surface area contributed by atoms with Crippen LogP contribution in [0.15, 0.2) is 54.6 Å². The van der Waals surface area contributed by atoms with E-state index in [4.69, 9.17) is 4.74 Å². The Morgan fingerprint density at radius 1 is 0.889 bits per heavy atom. The molecule has 0 heterocycles. The Morgan fingerprint density at radius 2 is 1.48 bits per heavy atom. The summed E-state index contributed by atoms with van der Waals surface area (Å²) in [5.74, 6) is -2.38. The number of hydrogen-bond acceptors (Lipinski definition) is 4. The topological polar surface area (TPSA) is 96.5 Å². The highest BCUT2D eigenvalue weighted by atomic mass is 19.1. The van der Waals surface area contributed by atoms with Crippen molar-refractivity contribution in [3.05, 3.63) is 66.0 Å². The van der Waals surface area contributed by atoms with Gasteiger partial charge in [0, 0.05) is 5.56 Å². The van der Waals surface area contributed by atoms with Crippen molar-refractivity contribution in [1.82, 2.24) is 16.2 Å². The number of amides is 3. The van der Waals surface area contributed by atoms with Gasteiger partial charge < -0.3 is 10.1 Å². The molecular weight excluding hydrogens is 353 g/mol. The van der Waals surface area contributed by atoms with E-state index >= 15 is 0 Å². The molecule has 142 valence electrons. The lowest BCUT2D eigenvalue weighted by Gasteiger charge is -2.17. The molecule has 0 aliphatic carbocycles. The molecule has 0 radical (unpaired) electrons. The first-order valence-corrected chi connectivity index (χ1v) is 8.25. The van der Waals surface area contributed by atoms with Gasteiger partial charge in [-0.3, -0.25) is 25.2 Å². The summed E-state index contributed by atoms with van der Waals surface area (Å²) < 4.78 is 18.7. The molecule has 0 aliphatic rings. The quantitative estimate of drug-likeness (QED) is 0.670. The second-order valence-electron chi connectivity index (χ2n) is 5.73. The van der Waals surface area contributed by atoms with Gasteiger partial charge in [-0.05, 0) is 38.1 Å². The normalized spacial score (nSPS) is 12.4. The van der Waals surface area contributed by atoms with Crippen LogP contribution in [0.5, 0.6) is 5.75 Å². The highest BCUT2D eigenvalue weighted by molar-refractivity contribution is 5.97. The van der Waals surface area contributed by atoms with E-state index in [1.807, 2.05) is 0 Å². The van der Waals surface area contributed by atoms with E-state index in [2.05, 4.69) is 16.2 Å². The number of hydrogen-bond donors (Lipinski definition) is 3. The standard InChI is InChI=1S/C19H20FN3O4/c1-12(21-19(26)14-8-4-3-5-9-14)17(24)22-23-18(25)13(2)27-16-11-7-6-10-15(16)20/h3-13H,1-2H3,(H,21,26)(H,22,24)(H,23,25). The van der Waals surface area contributed by atoms with Crippen LogP contribution >= 0.6 is 0 Å². The molecule has 2 aromatic rings. The Bertz CT molecular complexity index is 814. The zero-order valence-corrected chi connectivity index (χ0v) is 14.9. The number of nitrogens with one attached hydrogen (secondary N) is 3. The van der Waals surface area contributed by atoms with Crippen molar-refractivity contribution in [2.45, 2.75) is 26.0 Å². The highest BCUT2D eigenvalue weighted by Gasteiger charge is 2.20. The second-order valence-corrected chi connectivity index (χ2v) is 5.73. The van der Waals surface area contributed by atoms with Crippen LogP contribution in [0, 0.1) is 5.82 Å². The maximum absolute atomic E-state index is 13.5. The number of para-hydroxylation sites is 1. The van der Waals surface area contributed by atoms with E-state index in [1.54, 1.807) is 36.4 Å². The van der Waals surface area contributed by atoms with Gasteiger partial charge in [-0.1, -0.05) is 30.3 Å². The summed E-state index contributed by atoms with van der Waals surface area (Å²) in [5.41, 5.74) is 4.78. The van der Waals surface area contributed by atoms with Gasteiger partial charge in [0.15, 0.2) is 17.7 Å². The van der Waals surface area contributed by atoms with Gasteiger partial charge in [0.25, 0.3) is 17.7 Å². The maximum Gasteiger partial charge on any atom is 0.279 e. The number of ether oxygens (including phenoxy) is 1. The summed E-state index contributed by atoms with van der Waals surface area (Å²) in [6.45, 7) is 2.89. The molecular formula is C19H20FN3O4. The van der Waals surface area contributed by atoms with Crippen LogP contribution in [-0.2, 0) is 9.59 Å². The molecule has 2 aromatic carbocycles. The van der Waals surface area contributed by atoms with Crippen molar-refractivity contribution in [2.75, 3.05) is 0 Å². The number of benzene rings is 2. The number of rotatable bonds is 6. The fraction of sp³-hybridized carbons (Fsp3) is 0.211. The fourth-order valence-corrected chi connectivity index (χ4v) is 2.05. The van der Waals surface area contributed by atoms with Crippen LogP contribution in [0.2, 0.25) is 0 Å². The van der Waals surface area contributed by atoms with Gasteiger partial charge in [0.2, 0.25) is 0 Å². The average Bonchev–Trinajstić information content (AvgIpc) is 2.68. The molecule has 0 saturated carbocycles. The Hall–Kier alpha value is -3.42. The summed E-state index contributed by atoms with van der Waals surface area (Å²) in [7, 11) is 0. The molecule has 27 heavy (non-hydrogen) atoms. The van der Waals surface area contributed by atoms with Gasteiger partial charge in [-0.2, -0.15) is 0 Å². The van der Waals surface area contributed by atoms with E-state index in [-0.39, 0.29) is 5.75 Å². The molecule has 0 spiro atoms. The summed E-state index contributed by atoms with van der Waals surface area (Å²) in [6, 6.07) is 13.2. The first kappa shape index (κ1) is 19.9. The van der Waals surface area contributed by atoms with Crippen molar-refractivity contribution in [3.63, 3.8) is 0 Å². The Morgan fingerprint density at radius 3 is 2.15 bits per heavy atom. The molecule has 8 heteroatoms. The molecule has 0 saturated heterocycles. The molecule has 0 bridgehead atoms. The van der Waals surface area contributed by atoms with Crippen LogP contribution in [0.1, 0.15) is 24.2 Å². The Balaban J connectivity index is 1.80. The van der Waals surface area contributed by atoms with Gasteiger partial charge >= 0.3 is 0 Å². The molecule has 2 atom stereocenters. The minimum Gasteiger partial charge on any atom is -0.478 e. The first-order valence-electron chi connectivity index (χ1n) is 8.25. The predicted molar refractivity (Wildman–Crippen MR) is 96.1 cm³/mol. The van der Waals surface area contributed by atoms with E-state index < -0.39 is 35.7 Å². The van der Waals surface area contributed by atoms with Crippen LogP contribution in [0.4, 0.5) is 4.39 Å². The van der Waals surface area contributed by atoms with Crippen LogP contribution in [-0.4, -0.2) is 29.9 Å². The largest absolute Gasteiger partial charge is 0.478 e. The van der Waals surface area contributed by atoms with Crippen molar-refractivity contribution in [2.24, 2.45) is 0 Å². The number of hydrazine groups is 1. The molecule has 0 aromatic heterocycles. The second kappa shape index (κ2) is 9.33. The van der Waals surface area contributed by atoms with Crippen LogP contribution in [0.25, 0.3) is 0 Å². The van der Waals surface area contributed by atoms with E-state index in [1.165, 1.54) is 32.0 Å². The average molecular weight is 373 g/mol. The van der Waals surface area contributed by atoms with Crippen LogP contribution < -0.4 is 20.9 Å². The monoisotopic (exact) mass is 373 g/mol. The molecule has 2 rings (SSSR count). The van der Waals surface area contributed by atoms with E-state index in [0.29, 0.717) is 5.56 Å². The number of carbonyl (C=O) groups excluding carboxylic acids is 3.